The molecule has 4 N–H and O–H groups in total. The van der Waals surface area contributed by atoms with Crippen LogP contribution in [0.4, 0.5) is 15.9 Å². The van der Waals surface area contributed by atoms with E-state index < -0.39 is 11.9 Å². The quantitative estimate of drug-likeness (QED) is 0.218. The number of rotatable bonds is 10. The van der Waals surface area contributed by atoms with Crippen LogP contribution in [0.5, 0.6) is 5.75 Å². The zero-order valence-electron chi connectivity index (χ0n) is 22.7. The Bertz CT molecular complexity index is 1370. The van der Waals surface area contributed by atoms with E-state index in [9.17, 15) is 0 Å². The summed E-state index contributed by atoms with van der Waals surface area (Å²) in [5.41, 5.74) is 7.88. The van der Waals surface area contributed by atoms with Gasteiger partial charge >= 0.3 is 0 Å². The normalized spacial score (nSPS) is 17.5. The minimum atomic E-state index is -0.482. The third-order valence-electron chi connectivity index (χ3n) is 7.57. The number of nitrogen functional groups attached to an aromatic ring is 1. The molecule has 2 aliphatic heterocycles. The number of likely N-dealkylation sites (tertiary alicyclic amines) is 1. The molecule has 0 amide bonds. The lowest BCUT2D eigenvalue weighted by Crippen LogP contribution is -2.68. The van der Waals surface area contributed by atoms with Gasteiger partial charge in [-0.2, -0.15) is 0 Å². The number of nitrogens with one attached hydrogen (secondary N) is 2. The predicted molar refractivity (Wildman–Crippen MR) is 159 cm³/mol. The van der Waals surface area contributed by atoms with Crippen LogP contribution in [0.25, 0.3) is 0 Å². The zero-order chi connectivity index (χ0) is 28.4. The SMILES string of the molecule is C[C@@H](Oc1ccc(N)c(C(=N)c2cnc(N3CC(C)(NCCN4CCCC4)C3)c(F)c2)c1)c1c(Cl)cncc1Cl. The van der Waals surface area contributed by atoms with Gasteiger partial charge in [-0.1, -0.05) is 23.2 Å². The van der Waals surface area contributed by atoms with E-state index in [2.05, 4.69) is 27.1 Å². The predicted octanol–water partition coefficient (Wildman–Crippen LogP) is 5.32. The molecule has 4 heterocycles. The second kappa shape index (κ2) is 11.9. The molecule has 0 radical (unpaired) electrons. The van der Waals surface area contributed by atoms with Crippen LogP contribution in [-0.4, -0.2) is 65.4 Å². The van der Waals surface area contributed by atoms with Crippen molar-refractivity contribution in [3.8, 4) is 5.75 Å². The van der Waals surface area contributed by atoms with Gasteiger partial charge in [-0.05, 0) is 64.0 Å². The molecule has 2 fully saturated rings. The highest BCUT2D eigenvalue weighted by Crippen LogP contribution is 2.34. The van der Waals surface area contributed by atoms with Crippen LogP contribution < -0.4 is 20.7 Å². The van der Waals surface area contributed by atoms with Crippen LogP contribution in [0.15, 0.2) is 42.9 Å². The lowest BCUT2D eigenvalue weighted by molar-refractivity contribution is 0.227. The first-order chi connectivity index (χ1) is 19.1. The van der Waals surface area contributed by atoms with Gasteiger partial charge < -0.3 is 25.6 Å². The molecule has 0 bridgehead atoms. The number of pyridine rings is 2. The van der Waals surface area contributed by atoms with Gasteiger partial charge in [0.25, 0.3) is 0 Å². The molecule has 2 aliphatic rings. The van der Waals surface area contributed by atoms with Crippen molar-refractivity contribution in [2.24, 2.45) is 0 Å². The van der Waals surface area contributed by atoms with E-state index in [1.165, 1.54) is 50.6 Å². The van der Waals surface area contributed by atoms with Gasteiger partial charge in [-0.3, -0.25) is 10.4 Å². The van der Waals surface area contributed by atoms with Gasteiger partial charge in [-0.25, -0.2) is 9.37 Å². The second-order valence-electron chi connectivity index (χ2n) is 10.8. The van der Waals surface area contributed by atoms with Gasteiger partial charge in [0.1, 0.15) is 11.9 Å². The smallest absolute Gasteiger partial charge is 0.166 e. The number of hydrogen-bond donors (Lipinski definition) is 3. The number of nitrogens with zero attached hydrogens (tertiary/aromatic N) is 4. The summed E-state index contributed by atoms with van der Waals surface area (Å²) in [6, 6.07) is 6.34. The molecule has 1 aromatic carbocycles. The first-order valence-electron chi connectivity index (χ1n) is 13.5. The largest absolute Gasteiger partial charge is 0.486 e. The minimum absolute atomic E-state index is 0.0468. The Balaban J connectivity index is 1.23. The molecule has 5 rings (SSSR count). The molecule has 0 saturated carbocycles. The Morgan fingerprint density at radius 1 is 1.18 bits per heavy atom. The van der Waals surface area contributed by atoms with Gasteiger partial charge in [0, 0.05) is 67.1 Å². The lowest BCUT2D eigenvalue weighted by atomic mass is 9.92. The third kappa shape index (κ3) is 6.17. The summed E-state index contributed by atoms with van der Waals surface area (Å²) in [6.45, 7) is 9.63. The van der Waals surface area contributed by atoms with Crippen molar-refractivity contribution in [1.29, 1.82) is 5.41 Å². The van der Waals surface area contributed by atoms with Crippen LogP contribution in [-0.2, 0) is 0 Å². The van der Waals surface area contributed by atoms with Crippen molar-refractivity contribution in [2.45, 2.75) is 38.3 Å². The van der Waals surface area contributed by atoms with Crippen LogP contribution in [0, 0.1) is 11.2 Å². The highest BCUT2D eigenvalue weighted by molar-refractivity contribution is 6.35. The van der Waals surface area contributed by atoms with E-state index in [4.69, 9.17) is 39.1 Å². The summed E-state index contributed by atoms with van der Waals surface area (Å²) < 4.78 is 21.3. The molecule has 3 aromatic rings. The van der Waals surface area contributed by atoms with E-state index in [0.29, 0.717) is 57.1 Å². The Kier molecular flexibility index (Phi) is 8.47. The monoisotopic (exact) mass is 585 g/mol. The molecule has 0 spiro atoms. The van der Waals surface area contributed by atoms with Gasteiger partial charge in [0.15, 0.2) is 11.6 Å². The van der Waals surface area contributed by atoms with Crippen molar-refractivity contribution in [3.63, 3.8) is 0 Å². The van der Waals surface area contributed by atoms with Crippen molar-refractivity contribution >= 4 is 40.4 Å². The fraction of sp³-hybridized carbons (Fsp3) is 0.414. The molecular formula is C29H34Cl2FN7O. The van der Waals surface area contributed by atoms with E-state index in [0.717, 1.165) is 13.1 Å². The molecule has 2 aromatic heterocycles. The third-order valence-corrected chi connectivity index (χ3v) is 8.17. The van der Waals surface area contributed by atoms with Crippen LogP contribution >= 0.6 is 23.2 Å². The number of halogens is 3. The van der Waals surface area contributed by atoms with E-state index in [1.807, 2.05) is 11.8 Å². The maximum absolute atomic E-state index is 15.2. The highest BCUT2D eigenvalue weighted by atomic mass is 35.5. The summed E-state index contributed by atoms with van der Waals surface area (Å²) >= 11 is 12.5. The molecule has 1 atom stereocenters. The Hall–Kier alpha value is -2.98. The summed E-state index contributed by atoms with van der Waals surface area (Å²) in [5.74, 6) is 0.288. The van der Waals surface area contributed by atoms with Crippen molar-refractivity contribution in [2.75, 3.05) is 49.9 Å². The van der Waals surface area contributed by atoms with Gasteiger partial charge in [0.05, 0.1) is 21.3 Å². The first-order valence-corrected chi connectivity index (χ1v) is 14.2. The van der Waals surface area contributed by atoms with Crippen molar-refractivity contribution in [1.82, 2.24) is 20.2 Å². The average molecular weight is 587 g/mol. The van der Waals surface area contributed by atoms with Crippen molar-refractivity contribution < 1.29 is 9.13 Å². The fourth-order valence-corrected chi connectivity index (χ4v) is 6.11. The number of aromatic nitrogens is 2. The summed E-state index contributed by atoms with van der Waals surface area (Å²) in [7, 11) is 0. The topological polar surface area (TPSA) is 103 Å². The maximum atomic E-state index is 15.2. The number of hydrogen-bond acceptors (Lipinski definition) is 8. The van der Waals surface area contributed by atoms with Crippen molar-refractivity contribution in [3.05, 3.63) is 75.4 Å². The number of anilines is 2. The molecule has 0 aliphatic carbocycles. The first kappa shape index (κ1) is 28.5. The van der Waals surface area contributed by atoms with Gasteiger partial charge in [0.2, 0.25) is 0 Å². The highest BCUT2D eigenvalue weighted by Gasteiger charge is 2.40. The average Bonchev–Trinajstić information content (AvgIpc) is 3.41. The molecule has 11 heteroatoms. The number of ether oxygens (including phenoxy) is 1. The summed E-state index contributed by atoms with van der Waals surface area (Å²) in [4.78, 5) is 12.8. The Labute approximate surface area is 244 Å². The standard InChI is InChI=1S/C29H34Cl2FN7O/c1-18(26-22(30)14-35-15-23(26)31)40-20-5-6-25(33)21(12-20)27(34)19-11-24(32)28(36-13-19)39-16-29(2,17-39)37-7-10-38-8-3-4-9-38/h5-6,11-15,18,34,37H,3-4,7-10,16-17,33H2,1-2H3/t18-/m1/s1. The lowest BCUT2D eigenvalue weighted by Gasteiger charge is -2.49. The van der Waals surface area contributed by atoms with Gasteiger partial charge in [-0.15, -0.1) is 0 Å². The summed E-state index contributed by atoms with van der Waals surface area (Å²) in [5, 5.41) is 13.2. The maximum Gasteiger partial charge on any atom is 0.166 e. The minimum Gasteiger partial charge on any atom is -0.486 e. The second-order valence-corrected chi connectivity index (χ2v) is 11.6. The van der Waals surface area contributed by atoms with E-state index in [-0.39, 0.29) is 11.3 Å². The molecule has 0 unspecified atom stereocenters. The number of benzene rings is 1. The zero-order valence-corrected chi connectivity index (χ0v) is 24.2. The fourth-order valence-electron chi connectivity index (χ4n) is 5.43. The summed E-state index contributed by atoms with van der Waals surface area (Å²) in [6.07, 6.45) is 6.61. The van der Waals surface area contributed by atoms with Crippen LogP contribution in [0.1, 0.15) is 49.5 Å². The van der Waals surface area contributed by atoms with E-state index in [1.54, 1.807) is 18.2 Å². The molecular weight excluding hydrogens is 552 g/mol. The molecule has 8 nitrogen and oxygen atoms in total. The Morgan fingerprint density at radius 3 is 2.55 bits per heavy atom. The molecule has 2 saturated heterocycles. The Morgan fingerprint density at radius 2 is 1.88 bits per heavy atom. The van der Waals surface area contributed by atoms with Crippen LogP contribution in [0.3, 0.4) is 0 Å². The number of nitrogens with two attached hydrogens (primary N) is 1. The molecule has 40 heavy (non-hydrogen) atoms. The van der Waals surface area contributed by atoms with E-state index >= 15 is 4.39 Å². The van der Waals surface area contributed by atoms with Crippen LogP contribution in [0.2, 0.25) is 10.0 Å². The molecule has 212 valence electrons.